The van der Waals surface area contributed by atoms with Crippen LogP contribution in [0.25, 0.3) is 0 Å². The van der Waals surface area contributed by atoms with Crippen LogP contribution < -0.4 is 20.4 Å². The summed E-state index contributed by atoms with van der Waals surface area (Å²) in [5.41, 5.74) is -0.0908. The molecule has 0 aromatic heterocycles. The van der Waals surface area contributed by atoms with Crippen molar-refractivity contribution in [3.05, 3.63) is 43.7 Å². The van der Waals surface area contributed by atoms with Gasteiger partial charge in [-0.25, -0.2) is 0 Å². The van der Waals surface area contributed by atoms with Crippen LogP contribution in [0.4, 0.5) is 11.4 Å². The number of Topliss-reactive ketones (excluding diaryl/α,β-unsaturated/α-hetero) is 2. The Bertz CT molecular complexity index is 1700. The van der Waals surface area contributed by atoms with Gasteiger partial charge in [-0.2, -0.15) is 0 Å². The first-order valence-corrected chi connectivity index (χ1v) is 23.4. The van der Waals surface area contributed by atoms with E-state index in [4.69, 9.17) is 0 Å². The van der Waals surface area contributed by atoms with Crippen molar-refractivity contribution in [1.29, 1.82) is 0 Å². The summed E-state index contributed by atoms with van der Waals surface area (Å²) in [6, 6.07) is -1.07. The third-order valence-corrected chi connectivity index (χ3v) is 14.7. The van der Waals surface area contributed by atoms with E-state index in [1.165, 1.54) is 0 Å². The Kier molecular flexibility index (Phi) is 24.5. The molecule has 24 heteroatoms. The lowest BCUT2D eigenvalue weighted by Gasteiger charge is -2.31. The minimum absolute atomic E-state index is 0.0238. The molecule has 0 aliphatic carbocycles. The molecule has 0 spiro atoms. The first-order valence-electron chi connectivity index (χ1n) is 17.0. The number of carbonyl (C=O) groups is 6. The molecule has 0 saturated heterocycles. The van der Waals surface area contributed by atoms with E-state index in [2.05, 4.69) is 10.6 Å². The molecule has 2 atom stereocenters. The van der Waals surface area contributed by atoms with Crippen LogP contribution in [0.5, 0.6) is 0 Å². The number of anilines is 2. The van der Waals surface area contributed by atoms with E-state index in [0.29, 0.717) is 12.8 Å². The maximum absolute atomic E-state index is 13.6. The number of nitrogens with one attached hydrogen (secondary N) is 2. The van der Waals surface area contributed by atoms with Crippen LogP contribution in [0.1, 0.15) is 60.7 Å². The summed E-state index contributed by atoms with van der Waals surface area (Å²) in [7, 11) is 0. The molecule has 58 heavy (non-hydrogen) atoms. The topological polar surface area (TPSA) is 295 Å². The molecule has 0 saturated carbocycles. The van der Waals surface area contributed by atoms with E-state index < -0.39 is 93.7 Å². The molecule has 0 aliphatic heterocycles. The molecule has 0 heterocycles. The van der Waals surface area contributed by atoms with Gasteiger partial charge in [0.15, 0.2) is 11.6 Å². The van der Waals surface area contributed by atoms with Crippen molar-refractivity contribution in [3.8, 4) is 0 Å². The Balaban J connectivity index is 2.70. The first kappa shape index (κ1) is 53.9. The minimum Gasteiger partial charge on any atom is -0.396 e. The van der Waals surface area contributed by atoms with Gasteiger partial charge in [-0.3, -0.25) is 28.8 Å². The molecule has 2 unspecified atom stereocenters. The zero-order chi connectivity index (χ0) is 44.0. The quantitative estimate of drug-likeness (QED) is 0.0370. The highest BCUT2D eigenvalue weighted by Gasteiger charge is 2.35. The summed E-state index contributed by atoms with van der Waals surface area (Å²) in [5, 5.41) is 84.8. The number of hydrogen-bond donors (Lipinski definition) is 10. The van der Waals surface area contributed by atoms with Gasteiger partial charge < -0.3 is 61.3 Å². The standard InChI is InChI=1S/C34H40I6N4O14/c35-25-21(17(53)2-1-4-45)27(37)31(28(38)22(25)18(54)6-15(9-47)10-48)43(13-51)7-19(55)20(56)8-44(14-52)32-29(39)23(33(57)41-3-5-46)26(36)24(30(32)40)34(58)42-16(11-49)12-50/h13-16,19-20,45-50,55-56H,1-12H2,(H,41,57)(H,42,58). The summed E-state index contributed by atoms with van der Waals surface area (Å²) in [6.07, 6.45) is -3.31. The summed E-state index contributed by atoms with van der Waals surface area (Å²) in [5.74, 6) is -3.36. The molecule has 2 aromatic carbocycles. The maximum Gasteiger partial charge on any atom is 0.253 e. The van der Waals surface area contributed by atoms with E-state index in [-0.39, 0.29) is 87.5 Å². The number of hydrogen-bond acceptors (Lipinski definition) is 14. The van der Waals surface area contributed by atoms with E-state index in [0.717, 1.165) is 9.80 Å². The van der Waals surface area contributed by atoms with E-state index in [9.17, 15) is 69.6 Å². The second-order valence-electron chi connectivity index (χ2n) is 12.4. The third kappa shape index (κ3) is 13.4. The van der Waals surface area contributed by atoms with Crippen molar-refractivity contribution in [3.63, 3.8) is 0 Å². The number of carbonyl (C=O) groups excluding carboxylic acids is 6. The van der Waals surface area contributed by atoms with Crippen molar-refractivity contribution in [2.24, 2.45) is 5.92 Å². The largest absolute Gasteiger partial charge is 0.396 e. The molecule has 322 valence electrons. The minimum atomic E-state index is -1.81. The van der Waals surface area contributed by atoms with Crippen LogP contribution in [-0.4, -0.2) is 155 Å². The van der Waals surface area contributed by atoms with Crippen LogP contribution >= 0.6 is 136 Å². The molecule has 18 nitrogen and oxygen atoms in total. The van der Waals surface area contributed by atoms with Gasteiger partial charge in [-0.05, 0) is 142 Å². The predicted molar refractivity (Wildman–Crippen MR) is 260 cm³/mol. The van der Waals surface area contributed by atoms with Crippen LogP contribution in [0.15, 0.2) is 0 Å². The van der Waals surface area contributed by atoms with Crippen LogP contribution in [0.2, 0.25) is 0 Å². The Hall–Kier alpha value is -0.280. The number of rotatable bonds is 25. The normalized spacial score (nSPS) is 12.3. The summed E-state index contributed by atoms with van der Waals surface area (Å²) in [6.45, 7) is -4.39. The van der Waals surface area contributed by atoms with Crippen molar-refractivity contribution < 1.29 is 69.6 Å². The zero-order valence-electron chi connectivity index (χ0n) is 30.1. The lowest BCUT2D eigenvalue weighted by molar-refractivity contribution is -0.109. The molecule has 0 aliphatic rings. The number of aliphatic hydroxyl groups is 8. The monoisotopic (exact) mass is 1490 g/mol. The fourth-order valence-corrected chi connectivity index (χ4v) is 15.0. The number of ketones is 2. The SMILES string of the molecule is O=CN(CC(O)C(O)CN(C=O)c1c(I)c(C(=O)NCCO)c(I)c(C(=O)NC(CO)CO)c1I)c1c(I)c(C(=O)CCCO)c(I)c(C(=O)CC(CO)CO)c1I. The highest BCUT2D eigenvalue weighted by molar-refractivity contribution is 14.1. The second kappa shape index (κ2) is 26.4. The molecule has 0 fully saturated rings. The number of amides is 4. The maximum atomic E-state index is 13.6. The van der Waals surface area contributed by atoms with Gasteiger partial charge >= 0.3 is 0 Å². The molecule has 10 N–H and O–H groups in total. The smallest absolute Gasteiger partial charge is 0.253 e. The van der Waals surface area contributed by atoms with Gasteiger partial charge in [0.2, 0.25) is 12.8 Å². The van der Waals surface area contributed by atoms with E-state index >= 15 is 0 Å². The van der Waals surface area contributed by atoms with Gasteiger partial charge in [-0.1, -0.05) is 0 Å². The highest BCUT2D eigenvalue weighted by Crippen LogP contribution is 2.40. The zero-order valence-corrected chi connectivity index (χ0v) is 43.1. The first-order chi connectivity index (χ1) is 27.5. The Morgan fingerprint density at radius 2 is 1.02 bits per heavy atom. The number of nitrogens with zero attached hydrogens (tertiary/aromatic N) is 2. The summed E-state index contributed by atoms with van der Waals surface area (Å²) in [4.78, 5) is 81.3. The third-order valence-electron chi connectivity index (χ3n) is 8.37. The molecular weight excluding hydrogens is 1450 g/mol. The number of halogens is 6. The van der Waals surface area contributed by atoms with Gasteiger partial charge in [-0.15, -0.1) is 0 Å². The van der Waals surface area contributed by atoms with Crippen LogP contribution in [0.3, 0.4) is 0 Å². The number of benzene rings is 2. The summed E-state index contributed by atoms with van der Waals surface area (Å²) >= 11 is 10.8. The lowest BCUT2D eigenvalue weighted by Crippen LogP contribution is -2.46. The van der Waals surface area contributed by atoms with Gasteiger partial charge in [0, 0.05) is 70.5 Å². The average Bonchev–Trinajstić information content (AvgIpc) is 3.18. The van der Waals surface area contributed by atoms with E-state index in [1.54, 1.807) is 67.8 Å². The van der Waals surface area contributed by atoms with Crippen molar-refractivity contribution in [1.82, 2.24) is 10.6 Å². The molecule has 4 amide bonds. The van der Waals surface area contributed by atoms with Crippen LogP contribution in [-0.2, 0) is 9.59 Å². The van der Waals surface area contributed by atoms with Gasteiger partial charge in [0.05, 0.1) is 80.8 Å². The Morgan fingerprint density at radius 1 is 0.586 bits per heavy atom. The molecule has 0 bridgehead atoms. The Labute approximate surface area is 414 Å². The second-order valence-corrected chi connectivity index (χ2v) is 18.8. The fraction of sp³-hybridized carbons (Fsp3) is 0.471. The van der Waals surface area contributed by atoms with Gasteiger partial charge in [0.25, 0.3) is 11.8 Å². The van der Waals surface area contributed by atoms with Crippen molar-refractivity contribution >= 4 is 183 Å². The van der Waals surface area contributed by atoms with Crippen molar-refractivity contribution in [2.75, 3.05) is 69.1 Å². The number of aliphatic hydroxyl groups excluding tert-OH is 8. The van der Waals surface area contributed by atoms with Gasteiger partial charge in [0.1, 0.15) is 0 Å². The van der Waals surface area contributed by atoms with Crippen LogP contribution in [0, 0.1) is 27.3 Å². The molecule has 2 rings (SSSR count). The van der Waals surface area contributed by atoms with E-state index in [1.807, 2.05) is 67.8 Å². The summed E-state index contributed by atoms with van der Waals surface area (Å²) < 4.78 is 1.05. The average molecular weight is 1490 g/mol. The predicted octanol–water partition coefficient (Wildman–Crippen LogP) is 0.596. The lowest BCUT2D eigenvalue weighted by atomic mass is 9.95. The highest BCUT2D eigenvalue weighted by atomic mass is 127. The molecular formula is C34H40I6N4O14. The van der Waals surface area contributed by atoms with Crippen molar-refractivity contribution in [2.45, 2.75) is 37.5 Å². The molecule has 0 radical (unpaired) electrons. The Morgan fingerprint density at radius 3 is 1.43 bits per heavy atom. The molecule has 2 aromatic rings. The fourth-order valence-electron chi connectivity index (χ4n) is 5.29.